The Labute approximate surface area is 239 Å². The number of amides is 1. The van der Waals surface area contributed by atoms with E-state index in [1.165, 1.54) is 5.56 Å². The molecule has 5 aromatic rings. The smallest absolute Gasteiger partial charge is 0.256 e. The zero-order valence-electron chi connectivity index (χ0n) is 23.2. The lowest BCUT2D eigenvalue weighted by molar-refractivity contribution is 0.0951. The van der Waals surface area contributed by atoms with Gasteiger partial charge in [-0.15, -0.1) is 0 Å². The van der Waals surface area contributed by atoms with Crippen molar-refractivity contribution in [1.29, 1.82) is 0 Å². The van der Waals surface area contributed by atoms with Crippen molar-refractivity contribution in [3.05, 3.63) is 130 Å². The van der Waals surface area contributed by atoms with Crippen molar-refractivity contribution in [2.75, 3.05) is 18.0 Å². The number of nitrogens with zero attached hydrogens (tertiary/aromatic N) is 4. The van der Waals surface area contributed by atoms with Gasteiger partial charge < -0.3 is 10.2 Å². The van der Waals surface area contributed by atoms with Crippen LogP contribution in [-0.4, -0.2) is 33.5 Å². The summed E-state index contributed by atoms with van der Waals surface area (Å²) < 4.78 is 1.61. The summed E-state index contributed by atoms with van der Waals surface area (Å²) in [6, 6.07) is 30.9. The zero-order chi connectivity index (χ0) is 28.2. The molecule has 6 rings (SSSR count). The molecule has 3 aromatic carbocycles. The Kier molecular flexibility index (Phi) is 7.58. The second-order valence-electron chi connectivity index (χ2n) is 10.7. The lowest BCUT2D eigenvalue weighted by atomic mass is 9.90. The van der Waals surface area contributed by atoms with Crippen LogP contribution in [-0.2, 0) is 13.0 Å². The van der Waals surface area contributed by atoms with E-state index in [1.54, 1.807) is 41.0 Å². The molecule has 1 fully saturated rings. The van der Waals surface area contributed by atoms with E-state index in [2.05, 4.69) is 40.5 Å². The van der Waals surface area contributed by atoms with Crippen LogP contribution in [0.5, 0.6) is 0 Å². The minimum Gasteiger partial charge on any atom is -0.348 e. The number of carbonyl (C=O) groups is 1. The van der Waals surface area contributed by atoms with E-state index in [0.29, 0.717) is 35.3 Å². The Morgan fingerprint density at radius 2 is 1.49 bits per heavy atom. The van der Waals surface area contributed by atoms with Crippen LogP contribution in [0.1, 0.15) is 40.0 Å². The number of hydrogen-bond donors (Lipinski definition) is 1. The minimum atomic E-state index is -0.176. The van der Waals surface area contributed by atoms with Crippen molar-refractivity contribution in [3.63, 3.8) is 0 Å². The first-order valence-corrected chi connectivity index (χ1v) is 14.2. The average Bonchev–Trinajstić information content (AvgIpc) is 3.01. The molecule has 0 spiro atoms. The highest BCUT2D eigenvalue weighted by atomic mass is 16.1. The van der Waals surface area contributed by atoms with E-state index in [9.17, 15) is 9.59 Å². The van der Waals surface area contributed by atoms with Gasteiger partial charge in [-0.3, -0.25) is 14.2 Å². The Morgan fingerprint density at radius 1 is 0.829 bits per heavy atom. The fraction of sp³-hybridized carbons (Fsp3) is 0.235. The van der Waals surface area contributed by atoms with Crippen molar-refractivity contribution in [2.45, 2.75) is 32.7 Å². The molecule has 3 heterocycles. The standard InChI is InChI=1S/C34H33N5O2/c1-24-30-16-17-31(40)39(29-14-12-28(13-15-29)33(41)35-23-27-10-6-3-7-11-27)32(30)37-34(36-24)38-20-18-26(19-21-38)22-25-8-4-2-5-9-25/h2-17,26H,18-23H2,1H3,(H,35,41). The van der Waals surface area contributed by atoms with Gasteiger partial charge in [-0.05, 0) is 73.6 Å². The van der Waals surface area contributed by atoms with Gasteiger partial charge in [0.2, 0.25) is 5.95 Å². The molecule has 1 saturated heterocycles. The maximum absolute atomic E-state index is 13.1. The van der Waals surface area contributed by atoms with Crippen molar-refractivity contribution in [1.82, 2.24) is 19.9 Å². The summed E-state index contributed by atoms with van der Waals surface area (Å²) in [7, 11) is 0. The largest absolute Gasteiger partial charge is 0.348 e. The normalized spacial score (nSPS) is 13.8. The molecule has 1 N–H and O–H groups in total. The van der Waals surface area contributed by atoms with Gasteiger partial charge in [-0.25, -0.2) is 4.98 Å². The highest BCUT2D eigenvalue weighted by Crippen LogP contribution is 2.26. The van der Waals surface area contributed by atoms with Crippen LogP contribution in [0, 0.1) is 12.8 Å². The monoisotopic (exact) mass is 543 g/mol. The van der Waals surface area contributed by atoms with Gasteiger partial charge in [0.15, 0.2) is 5.65 Å². The molecule has 206 valence electrons. The molecule has 0 saturated carbocycles. The number of benzene rings is 3. The molecular formula is C34H33N5O2. The number of fused-ring (bicyclic) bond motifs is 1. The SMILES string of the molecule is Cc1nc(N2CCC(Cc3ccccc3)CC2)nc2c1ccc(=O)n2-c1ccc(C(=O)NCc2ccccc2)cc1. The van der Waals surface area contributed by atoms with Crippen LogP contribution in [0.2, 0.25) is 0 Å². The van der Waals surface area contributed by atoms with E-state index >= 15 is 0 Å². The number of hydrogen-bond acceptors (Lipinski definition) is 5. The molecule has 0 radical (unpaired) electrons. The highest BCUT2D eigenvalue weighted by Gasteiger charge is 2.23. The highest BCUT2D eigenvalue weighted by molar-refractivity contribution is 5.94. The van der Waals surface area contributed by atoms with E-state index < -0.39 is 0 Å². The van der Waals surface area contributed by atoms with Crippen LogP contribution < -0.4 is 15.8 Å². The topological polar surface area (TPSA) is 80.1 Å². The van der Waals surface area contributed by atoms with E-state index in [1.807, 2.05) is 37.3 Å². The van der Waals surface area contributed by atoms with Gasteiger partial charge >= 0.3 is 0 Å². The van der Waals surface area contributed by atoms with Gasteiger partial charge in [-0.1, -0.05) is 60.7 Å². The fourth-order valence-electron chi connectivity index (χ4n) is 5.57. The number of nitrogens with one attached hydrogen (secondary N) is 1. The maximum Gasteiger partial charge on any atom is 0.256 e. The second-order valence-corrected chi connectivity index (χ2v) is 10.7. The third kappa shape index (κ3) is 5.89. The Morgan fingerprint density at radius 3 is 2.17 bits per heavy atom. The third-order valence-corrected chi connectivity index (χ3v) is 7.88. The molecule has 1 aliphatic heterocycles. The summed E-state index contributed by atoms with van der Waals surface area (Å²) in [5.41, 5.74) is 4.84. The maximum atomic E-state index is 13.1. The van der Waals surface area contributed by atoms with Crippen LogP contribution in [0.4, 0.5) is 5.95 Å². The summed E-state index contributed by atoms with van der Waals surface area (Å²) in [5.74, 6) is 1.13. The van der Waals surface area contributed by atoms with E-state index in [4.69, 9.17) is 9.97 Å². The molecule has 2 aromatic heterocycles. The van der Waals surface area contributed by atoms with E-state index in [-0.39, 0.29) is 11.5 Å². The van der Waals surface area contributed by atoms with Crippen LogP contribution >= 0.6 is 0 Å². The Balaban J connectivity index is 1.22. The molecule has 1 amide bonds. The van der Waals surface area contributed by atoms with Gasteiger partial charge in [0.25, 0.3) is 11.5 Å². The van der Waals surface area contributed by atoms with Crippen LogP contribution in [0.15, 0.2) is 102 Å². The van der Waals surface area contributed by atoms with Gasteiger partial charge in [0.05, 0.1) is 11.4 Å². The number of carbonyl (C=O) groups excluding carboxylic acids is 1. The fourth-order valence-corrected chi connectivity index (χ4v) is 5.57. The van der Waals surface area contributed by atoms with Gasteiger partial charge in [0, 0.05) is 36.7 Å². The molecule has 7 nitrogen and oxygen atoms in total. The second kappa shape index (κ2) is 11.8. The van der Waals surface area contributed by atoms with Gasteiger partial charge in [0.1, 0.15) is 0 Å². The molecule has 0 atom stereocenters. The number of rotatable bonds is 7. The first kappa shape index (κ1) is 26.4. The summed E-state index contributed by atoms with van der Waals surface area (Å²) in [5, 5.41) is 3.78. The first-order valence-electron chi connectivity index (χ1n) is 14.2. The third-order valence-electron chi connectivity index (χ3n) is 7.88. The van der Waals surface area contributed by atoms with Crippen molar-refractivity contribution in [3.8, 4) is 5.69 Å². The molecule has 7 heteroatoms. The first-order chi connectivity index (χ1) is 20.0. The molecular weight excluding hydrogens is 510 g/mol. The Hall–Kier alpha value is -4.78. The van der Waals surface area contributed by atoms with Crippen molar-refractivity contribution >= 4 is 22.9 Å². The Bertz CT molecular complexity index is 1710. The molecule has 0 unspecified atom stereocenters. The zero-order valence-corrected chi connectivity index (χ0v) is 23.2. The summed E-state index contributed by atoms with van der Waals surface area (Å²) in [6.45, 7) is 4.18. The predicted octanol–water partition coefficient (Wildman–Crippen LogP) is 5.48. The van der Waals surface area contributed by atoms with Crippen LogP contribution in [0.25, 0.3) is 16.7 Å². The number of piperidine rings is 1. The molecule has 41 heavy (non-hydrogen) atoms. The molecule has 1 aliphatic rings. The molecule has 0 bridgehead atoms. The van der Waals surface area contributed by atoms with Gasteiger partial charge in [-0.2, -0.15) is 4.98 Å². The minimum absolute atomic E-state index is 0.165. The number of anilines is 1. The lowest BCUT2D eigenvalue weighted by Crippen LogP contribution is -2.35. The summed E-state index contributed by atoms with van der Waals surface area (Å²) in [4.78, 5) is 37.9. The number of aromatic nitrogens is 3. The number of aryl methyl sites for hydroxylation is 1. The van der Waals surface area contributed by atoms with Crippen molar-refractivity contribution < 1.29 is 4.79 Å². The summed E-state index contributed by atoms with van der Waals surface area (Å²) in [6.07, 6.45) is 3.24. The van der Waals surface area contributed by atoms with E-state index in [0.717, 1.165) is 49.0 Å². The predicted molar refractivity (Wildman–Crippen MR) is 163 cm³/mol. The van der Waals surface area contributed by atoms with Crippen LogP contribution in [0.3, 0.4) is 0 Å². The molecule has 0 aliphatic carbocycles. The lowest BCUT2D eigenvalue weighted by Gasteiger charge is -2.32. The quantitative estimate of drug-likeness (QED) is 0.294. The van der Waals surface area contributed by atoms with Crippen molar-refractivity contribution in [2.24, 2.45) is 5.92 Å². The average molecular weight is 544 g/mol. The summed E-state index contributed by atoms with van der Waals surface area (Å²) >= 11 is 0. The number of pyridine rings is 1.